The summed E-state index contributed by atoms with van der Waals surface area (Å²) in [6, 6.07) is 4.65. The van der Waals surface area contributed by atoms with Gasteiger partial charge in [0.15, 0.2) is 15.8 Å². The first-order valence-corrected chi connectivity index (χ1v) is 7.13. The van der Waals surface area contributed by atoms with E-state index in [1.165, 1.54) is 18.2 Å². The lowest BCUT2D eigenvalue weighted by Crippen LogP contribution is -2.29. The second-order valence-corrected chi connectivity index (χ2v) is 6.34. The fourth-order valence-corrected chi connectivity index (χ4v) is 3.99. The number of nitrogens with zero attached hydrogens (tertiary/aromatic N) is 1. The summed E-state index contributed by atoms with van der Waals surface area (Å²) >= 11 is 11.3. The average Bonchev–Trinajstić information content (AvgIpc) is 2.23. The molecule has 0 fully saturated rings. The molecule has 9 heteroatoms. The molecule has 19 heavy (non-hydrogen) atoms. The second-order valence-electron chi connectivity index (χ2n) is 3.56. The molecular weight excluding hydrogens is 326 g/mol. The standard InChI is InChI=1S/C10H6Cl2F3NO2S/c11-7-2-1-3-8(12)9(7)19(17,18)5-6(4-16)10(13,14)15/h1-3,6H,5H2. The fraction of sp³-hybridized carbons (Fsp3) is 0.300. The zero-order chi connectivity index (χ0) is 14.8. The van der Waals surface area contributed by atoms with E-state index in [2.05, 4.69) is 0 Å². The van der Waals surface area contributed by atoms with Crippen molar-refractivity contribution in [1.82, 2.24) is 0 Å². The number of halogens is 5. The summed E-state index contributed by atoms with van der Waals surface area (Å²) < 4.78 is 61.0. The van der Waals surface area contributed by atoms with Crippen molar-refractivity contribution in [2.45, 2.75) is 11.1 Å². The first kappa shape index (κ1) is 16.1. The molecule has 1 atom stereocenters. The van der Waals surface area contributed by atoms with Crippen LogP contribution in [0.25, 0.3) is 0 Å². The predicted molar refractivity (Wildman–Crippen MR) is 63.7 cm³/mol. The quantitative estimate of drug-likeness (QED) is 0.852. The van der Waals surface area contributed by atoms with Crippen LogP contribution in [0.5, 0.6) is 0 Å². The Hall–Kier alpha value is -0.970. The van der Waals surface area contributed by atoms with Crippen LogP contribution < -0.4 is 0 Å². The lowest BCUT2D eigenvalue weighted by molar-refractivity contribution is -0.153. The molecule has 1 aromatic carbocycles. The van der Waals surface area contributed by atoms with Gasteiger partial charge in [0.2, 0.25) is 0 Å². The van der Waals surface area contributed by atoms with E-state index in [1.807, 2.05) is 0 Å². The van der Waals surface area contributed by atoms with Crippen molar-refractivity contribution in [3.05, 3.63) is 28.2 Å². The van der Waals surface area contributed by atoms with Crippen LogP contribution in [0, 0.1) is 17.2 Å². The monoisotopic (exact) mass is 331 g/mol. The van der Waals surface area contributed by atoms with Crippen LogP contribution in [0.15, 0.2) is 23.1 Å². The Bertz CT molecular complexity index is 602. The van der Waals surface area contributed by atoms with E-state index in [9.17, 15) is 21.6 Å². The highest BCUT2D eigenvalue weighted by Gasteiger charge is 2.43. The third kappa shape index (κ3) is 3.75. The van der Waals surface area contributed by atoms with Gasteiger partial charge in [0.25, 0.3) is 0 Å². The lowest BCUT2D eigenvalue weighted by Gasteiger charge is -2.14. The summed E-state index contributed by atoms with van der Waals surface area (Å²) in [6.07, 6.45) is -4.93. The zero-order valence-corrected chi connectivity index (χ0v) is 11.4. The highest BCUT2D eigenvalue weighted by molar-refractivity contribution is 7.91. The molecule has 0 aliphatic heterocycles. The molecular formula is C10H6Cl2F3NO2S. The van der Waals surface area contributed by atoms with Gasteiger partial charge in [0.1, 0.15) is 4.90 Å². The molecule has 3 nitrogen and oxygen atoms in total. The van der Waals surface area contributed by atoms with Gasteiger partial charge in [-0.2, -0.15) is 18.4 Å². The van der Waals surface area contributed by atoms with Gasteiger partial charge in [-0.1, -0.05) is 29.3 Å². The number of hydrogen-bond donors (Lipinski definition) is 0. The minimum absolute atomic E-state index is 0.286. The van der Waals surface area contributed by atoms with Crippen LogP contribution in [0.3, 0.4) is 0 Å². The van der Waals surface area contributed by atoms with Crippen LogP contribution in [0.2, 0.25) is 10.0 Å². The summed E-state index contributed by atoms with van der Waals surface area (Å²) in [6.45, 7) is 0. The summed E-state index contributed by atoms with van der Waals surface area (Å²) in [5.74, 6) is -4.05. The Kier molecular flexibility index (Phi) is 4.72. The average molecular weight is 332 g/mol. The topological polar surface area (TPSA) is 57.9 Å². The number of sulfone groups is 1. The molecule has 1 unspecified atom stereocenters. The van der Waals surface area contributed by atoms with Crippen LogP contribution in [0.4, 0.5) is 13.2 Å². The van der Waals surface area contributed by atoms with Gasteiger partial charge in [-0.25, -0.2) is 8.42 Å². The van der Waals surface area contributed by atoms with E-state index < -0.39 is 32.6 Å². The van der Waals surface area contributed by atoms with Crippen molar-refractivity contribution in [2.75, 3.05) is 5.75 Å². The molecule has 0 saturated carbocycles. The van der Waals surface area contributed by atoms with Crippen molar-refractivity contribution in [1.29, 1.82) is 5.26 Å². The van der Waals surface area contributed by atoms with Crippen molar-refractivity contribution in [3.63, 3.8) is 0 Å². The molecule has 0 aliphatic rings. The molecule has 0 amide bonds. The first-order chi connectivity index (χ1) is 8.59. The largest absolute Gasteiger partial charge is 0.405 e. The van der Waals surface area contributed by atoms with Gasteiger partial charge in [0, 0.05) is 0 Å². The highest BCUT2D eigenvalue weighted by atomic mass is 35.5. The maximum absolute atomic E-state index is 12.4. The van der Waals surface area contributed by atoms with Gasteiger partial charge in [0.05, 0.1) is 21.9 Å². The van der Waals surface area contributed by atoms with Crippen LogP contribution >= 0.6 is 23.2 Å². The maximum atomic E-state index is 12.4. The molecule has 0 aromatic heterocycles. The Morgan fingerprint density at radius 3 is 2.11 bits per heavy atom. The summed E-state index contributed by atoms with van der Waals surface area (Å²) in [4.78, 5) is -0.595. The molecule has 0 N–H and O–H groups in total. The van der Waals surface area contributed by atoms with Gasteiger partial charge >= 0.3 is 6.18 Å². The molecule has 104 valence electrons. The van der Waals surface area contributed by atoms with Crippen molar-refractivity contribution in [2.24, 2.45) is 5.92 Å². The Labute approximate surface area is 117 Å². The van der Waals surface area contributed by atoms with Gasteiger partial charge < -0.3 is 0 Å². The number of alkyl halides is 3. The molecule has 0 spiro atoms. The van der Waals surface area contributed by atoms with Gasteiger partial charge in [-0.05, 0) is 12.1 Å². The van der Waals surface area contributed by atoms with Crippen molar-refractivity contribution in [3.8, 4) is 6.07 Å². The van der Waals surface area contributed by atoms with E-state index in [-0.39, 0.29) is 10.0 Å². The fourth-order valence-electron chi connectivity index (χ4n) is 1.29. The zero-order valence-electron chi connectivity index (χ0n) is 9.08. The van der Waals surface area contributed by atoms with Crippen molar-refractivity contribution < 1.29 is 21.6 Å². The van der Waals surface area contributed by atoms with E-state index in [0.29, 0.717) is 0 Å². The van der Waals surface area contributed by atoms with E-state index in [1.54, 1.807) is 0 Å². The number of nitriles is 1. The second kappa shape index (κ2) is 5.57. The van der Waals surface area contributed by atoms with Crippen LogP contribution in [-0.2, 0) is 9.84 Å². The third-order valence-corrected chi connectivity index (χ3v) is 4.86. The summed E-state index contributed by atoms with van der Waals surface area (Å²) in [5, 5.41) is 7.84. The summed E-state index contributed by atoms with van der Waals surface area (Å²) in [7, 11) is -4.42. The molecule has 0 bridgehead atoms. The number of benzene rings is 1. The molecule has 0 aliphatic carbocycles. The third-order valence-electron chi connectivity index (χ3n) is 2.17. The normalized spacial score (nSPS) is 13.9. The number of rotatable bonds is 3. The number of hydrogen-bond acceptors (Lipinski definition) is 3. The summed E-state index contributed by atoms with van der Waals surface area (Å²) in [5.41, 5.74) is 0. The molecule has 0 radical (unpaired) electrons. The van der Waals surface area contributed by atoms with E-state index in [4.69, 9.17) is 28.5 Å². The first-order valence-electron chi connectivity index (χ1n) is 4.72. The van der Waals surface area contributed by atoms with Crippen LogP contribution in [0.1, 0.15) is 0 Å². The Morgan fingerprint density at radius 2 is 1.74 bits per heavy atom. The lowest BCUT2D eigenvalue weighted by atomic mass is 10.2. The molecule has 0 saturated heterocycles. The van der Waals surface area contributed by atoms with E-state index in [0.717, 1.165) is 6.07 Å². The Balaban J connectivity index is 3.24. The minimum atomic E-state index is -4.93. The molecule has 1 rings (SSSR count). The smallest absolute Gasteiger partial charge is 0.224 e. The highest BCUT2D eigenvalue weighted by Crippen LogP contribution is 2.34. The van der Waals surface area contributed by atoms with Gasteiger partial charge in [-0.3, -0.25) is 0 Å². The van der Waals surface area contributed by atoms with Crippen molar-refractivity contribution >= 4 is 33.0 Å². The molecule has 1 aromatic rings. The predicted octanol–water partition coefficient (Wildman–Crippen LogP) is 3.47. The van der Waals surface area contributed by atoms with Crippen LogP contribution in [-0.4, -0.2) is 20.3 Å². The Morgan fingerprint density at radius 1 is 1.26 bits per heavy atom. The maximum Gasteiger partial charge on any atom is 0.405 e. The molecule has 0 heterocycles. The SMILES string of the molecule is N#CC(CS(=O)(=O)c1c(Cl)cccc1Cl)C(F)(F)F. The van der Waals surface area contributed by atoms with Gasteiger partial charge in [-0.15, -0.1) is 0 Å². The minimum Gasteiger partial charge on any atom is -0.224 e. The van der Waals surface area contributed by atoms with E-state index >= 15 is 0 Å².